The van der Waals surface area contributed by atoms with E-state index in [2.05, 4.69) is 18.9 Å². The number of hydrogen-bond acceptors (Lipinski definition) is 2. The Bertz CT molecular complexity index is 406. The van der Waals surface area contributed by atoms with Gasteiger partial charge in [-0.3, -0.25) is 4.90 Å². The number of nitrogens with zero attached hydrogens (tertiary/aromatic N) is 1. The molecule has 0 saturated heterocycles. The van der Waals surface area contributed by atoms with Gasteiger partial charge in [-0.05, 0) is 49.9 Å². The zero-order chi connectivity index (χ0) is 14.5. The van der Waals surface area contributed by atoms with Crippen molar-refractivity contribution < 1.29 is 9.50 Å². The molecule has 20 heavy (non-hydrogen) atoms. The van der Waals surface area contributed by atoms with Gasteiger partial charge in [-0.2, -0.15) is 0 Å². The highest BCUT2D eigenvalue weighted by Gasteiger charge is 2.31. The lowest BCUT2D eigenvalue weighted by atomic mass is 9.81. The molecule has 3 heteroatoms. The molecule has 0 amide bonds. The van der Waals surface area contributed by atoms with Crippen LogP contribution in [-0.4, -0.2) is 29.2 Å². The predicted octanol–water partition coefficient (Wildman–Crippen LogP) is 3.59. The Morgan fingerprint density at radius 2 is 1.95 bits per heavy atom. The van der Waals surface area contributed by atoms with Crippen molar-refractivity contribution in [2.24, 2.45) is 5.92 Å². The van der Waals surface area contributed by atoms with Crippen molar-refractivity contribution in [3.05, 3.63) is 35.6 Å². The number of aliphatic hydroxyl groups excluding tert-OH is 1. The first-order valence-corrected chi connectivity index (χ1v) is 7.73. The molecule has 1 aliphatic rings. The molecule has 1 saturated carbocycles. The summed E-state index contributed by atoms with van der Waals surface area (Å²) in [5.74, 6) is 0.543. The van der Waals surface area contributed by atoms with Gasteiger partial charge in [0.05, 0.1) is 6.10 Å². The smallest absolute Gasteiger partial charge is 0.123 e. The molecule has 0 spiro atoms. The molecule has 3 unspecified atom stereocenters. The van der Waals surface area contributed by atoms with Gasteiger partial charge in [-0.15, -0.1) is 0 Å². The van der Waals surface area contributed by atoms with Gasteiger partial charge in [0.25, 0.3) is 0 Å². The van der Waals surface area contributed by atoms with Crippen LogP contribution < -0.4 is 0 Å². The van der Waals surface area contributed by atoms with Crippen molar-refractivity contribution in [2.45, 2.75) is 57.7 Å². The molecule has 112 valence electrons. The largest absolute Gasteiger partial charge is 0.391 e. The average Bonchev–Trinajstić information content (AvgIpc) is 2.43. The van der Waals surface area contributed by atoms with Gasteiger partial charge >= 0.3 is 0 Å². The number of hydrogen-bond donors (Lipinski definition) is 1. The lowest BCUT2D eigenvalue weighted by molar-refractivity contribution is 0.00957. The SMILES string of the molecule is CCCC1CCC(O)C(N(C)Cc2ccc(F)cc2)C1. The van der Waals surface area contributed by atoms with Crippen LogP contribution in [0.3, 0.4) is 0 Å². The van der Waals surface area contributed by atoms with Crippen molar-refractivity contribution >= 4 is 0 Å². The number of likely N-dealkylation sites (N-methyl/N-ethyl adjacent to an activating group) is 1. The Morgan fingerprint density at radius 1 is 1.25 bits per heavy atom. The van der Waals surface area contributed by atoms with Crippen molar-refractivity contribution in [1.29, 1.82) is 0 Å². The quantitative estimate of drug-likeness (QED) is 0.890. The molecular weight excluding hydrogens is 253 g/mol. The summed E-state index contributed by atoms with van der Waals surface area (Å²) < 4.78 is 12.9. The zero-order valence-corrected chi connectivity index (χ0v) is 12.6. The number of benzene rings is 1. The number of rotatable bonds is 5. The predicted molar refractivity (Wildman–Crippen MR) is 79.9 cm³/mol. The van der Waals surface area contributed by atoms with Crippen LogP contribution in [0.5, 0.6) is 0 Å². The van der Waals surface area contributed by atoms with Crippen LogP contribution >= 0.6 is 0 Å². The fraction of sp³-hybridized carbons (Fsp3) is 0.647. The fourth-order valence-electron chi connectivity index (χ4n) is 3.35. The lowest BCUT2D eigenvalue weighted by Crippen LogP contribution is -2.45. The number of halogens is 1. The molecule has 0 heterocycles. The van der Waals surface area contributed by atoms with E-state index in [1.807, 2.05) is 12.1 Å². The molecule has 0 radical (unpaired) electrons. The van der Waals surface area contributed by atoms with E-state index in [9.17, 15) is 9.50 Å². The second-order valence-electron chi connectivity index (χ2n) is 6.14. The van der Waals surface area contributed by atoms with E-state index in [0.29, 0.717) is 0 Å². The van der Waals surface area contributed by atoms with Gasteiger partial charge in [0.2, 0.25) is 0 Å². The molecule has 2 rings (SSSR count). The van der Waals surface area contributed by atoms with Gasteiger partial charge < -0.3 is 5.11 Å². The highest BCUT2D eigenvalue weighted by Crippen LogP contribution is 2.31. The van der Waals surface area contributed by atoms with Crippen LogP contribution in [-0.2, 0) is 6.54 Å². The highest BCUT2D eigenvalue weighted by molar-refractivity contribution is 5.16. The second-order valence-corrected chi connectivity index (χ2v) is 6.14. The summed E-state index contributed by atoms with van der Waals surface area (Å²) in [4.78, 5) is 2.22. The molecule has 1 N–H and O–H groups in total. The van der Waals surface area contributed by atoms with Crippen molar-refractivity contribution in [2.75, 3.05) is 7.05 Å². The van der Waals surface area contributed by atoms with Crippen molar-refractivity contribution in [3.8, 4) is 0 Å². The summed E-state index contributed by atoms with van der Waals surface area (Å²) in [6.45, 7) is 2.99. The molecule has 1 aromatic rings. The van der Waals surface area contributed by atoms with Crippen LogP contribution in [0.1, 0.15) is 44.6 Å². The van der Waals surface area contributed by atoms with Crippen molar-refractivity contribution in [3.63, 3.8) is 0 Å². The molecule has 1 aromatic carbocycles. The molecule has 0 bridgehead atoms. The molecule has 0 aliphatic heterocycles. The van der Waals surface area contributed by atoms with Gasteiger partial charge in [0, 0.05) is 12.6 Å². The topological polar surface area (TPSA) is 23.5 Å². The van der Waals surface area contributed by atoms with Crippen molar-refractivity contribution in [1.82, 2.24) is 4.90 Å². The third-order valence-electron chi connectivity index (χ3n) is 4.50. The lowest BCUT2D eigenvalue weighted by Gasteiger charge is -2.39. The van der Waals surface area contributed by atoms with Crippen LogP contribution in [0, 0.1) is 11.7 Å². The molecule has 1 aliphatic carbocycles. The normalized spacial score (nSPS) is 26.9. The summed E-state index contributed by atoms with van der Waals surface area (Å²) in [5, 5.41) is 10.2. The van der Waals surface area contributed by atoms with E-state index in [0.717, 1.165) is 37.3 Å². The van der Waals surface area contributed by atoms with E-state index in [4.69, 9.17) is 0 Å². The molecule has 3 atom stereocenters. The van der Waals surface area contributed by atoms with Gasteiger partial charge in [0.1, 0.15) is 5.82 Å². The van der Waals surface area contributed by atoms with Gasteiger partial charge in [0.15, 0.2) is 0 Å². The third kappa shape index (κ3) is 4.03. The maximum Gasteiger partial charge on any atom is 0.123 e. The summed E-state index contributed by atoms with van der Waals surface area (Å²) in [5.41, 5.74) is 1.10. The average molecular weight is 279 g/mol. The van der Waals surface area contributed by atoms with Crippen LogP contribution in [0.15, 0.2) is 24.3 Å². The van der Waals surface area contributed by atoms with E-state index in [1.165, 1.54) is 25.0 Å². The Balaban J connectivity index is 1.95. The minimum atomic E-state index is -0.228. The summed E-state index contributed by atoms with van der Waals surface area (Å²) in [6, 6.07) is 6.88. The van der Waals surface area contributed by atoms with Crippen LogP contribution in [0.25, 0.3) is 0 Å². The number of aliphatic hydroxyl groups is 1. The minimum Gasteiger partial charge on any atom is -0.391 e. The van der Waals surface area contributed by atoms with Crippen LogP contribution in [0.2, 0.25) is 0 Å². The van der Waals surface area contributed by atoms with E-state index in [-0.39, 0.29) is 18.0 Å². The van der Waals surface area contributed by atoms with E-state index < -0.39 is 0 Å². The molecule has 2 nitrogen and oxygen atoms in total. The zero-order valence-electron chi connectivity index (χ0n) is 12.6. The monoisotopic (exact) mass is 279 g/mol. The minimum absolute atomic E-state index is 0.197. The Kier molecular flexibility index (Phi) is 5.55. The highest BCUT2D eigenvalue weighted by atomic mass is 19.1. The fourth-order valence-corrected chi connectivity index (χ4v) is 3.35. The molecule has 0 aromatic heterocycles. The Morgan fingerprint density at radius 3 is 2.60 bits per heavy atom. The first-order chi connectivity index (χ1) is 9.60. The summed E-state index contributed by atoms with van der Waals surface area (Å²) >= 11 is 0. The van der Waals surface area contributed by atoms with Gasteiger partial charge in [-0.1, -0.05) is 31.9 Å². The maximum atomic E-state index is 12.9. The first-order valence-electron chi connectivity index (χ1n) is 7.73. The maximum absolute atomic E-state index is 12.9. The van der Waals surface area contributed by atoms with E-state index in [1.54, 1.807) is 0 Å². The standard InChI is InChI=1S/C17H26FNO/c1-3-4-13-7-10-17(20)16(11-13)19(2)12-14-5-8-15(18)9-6-14/h5-6,8-9,13,16-17,20H,3-4,7,10-12H2,1-2H3. The molecule has 1 fully saturated rings. The first kappa shape index (κ1) is 15.5. The van der Waals surface area contributed by atoms with Gasteiger partial charge in [-0.25, -0.2) is 4.39 Å². The summed E-state index contributed by atoms with van der Waals surface area (Å²) in [6.07, 6.45) is 5.38. The Hall–Kier alpha value is -0.930. The summed E-state index contributed by atoms with van der Waals surface area (Å²) in [7, 11) is 2.06. The molecular formula is C17H26FNO. The third-order valence-corrected chi connectivity index (χ3v) is 4.50. The Labute approximate surface area is 121 Å². The van der Waals surface area contributed by atoms with Crippen LogP contribution in [0.4, 0.5) is 4.39 Å². The second kappa shape index (κ2) is 7.19. The van der Waals surface area contributed by atoms with E-state index >= 15 is 0 Å².